The van der Waals surface area contributed by atoms with Gasteiger partial charge in [0.2, 0.25) is 5.91 Å². The Morgan fingerprint density at radius 3 is 2.62 bits per heavy atom. The molecule has 1 aromatic heterocycles. The van der Waals surface area contributed by atoms with Crippen LogP contribution in [0.4, 0.5) is 0 Å². The Hall–Kier alpha value is -2.44. The second-order valence-electron chi connectivity index (χ2n) is 10.0. The zero-order valence-electron chi connectivity index (χ0n) is 19.5. The van der Waals surface area contributed by atoms with Crippen LogP contribution in [0.15, 0.2) is 42.7 Å². The monoisotopic (exact) mass is 436 g/mol. The van der Waals surface area contributed by atoms with E-state index in [1.54, 1.807) is 12.1 Å². The number of likely N-dealkylation sites (tertiary alicyclic amines) is 1. The minimum Gasteiger partial charge on any atom is -0.508 e. The first kappa shape index (κ1) is 22.7. The zero-order valence-corrected chi connectivity index (χ0v) is 19.5. The van der Waals surface area contributed by atoms with Gasteiger partial charge in [0.05, 0.1) is 6.04 Å². The second-order valence-corrected chi connectivity index (χ2v) is 10.0. The van der Waals surface area contributed by atoms with E-state index < -0.39 is 0 Å². The Morgan fingerprint density at radius 2 is 1.94 bits per heavy atom. The van der Waals surface area contributed by atoms with E-state index in [9.17, 15) is 9.90 Å². The molecule has 0 bridgehead atoms. The zero-order chi connectivity index (χ0) is 22.7. The number of hydrogen-bond donors (Lipinski definition) is 3. The summed E-state index contributed by atoms with van der Waals surface area (Å²) in [7, 11) is 0. The van der Waals surface area contributed by atoms with Crippen LogP contribution < -0.4 is 10.6 Å². The number of nitrogens with one attached hydrogen (secondary N) is 2. The highest BCUT2D eigenvalue weighted by molar-refractivity contribution is 5.82. The van der Waals surface area contributed by atoms with Crippen molar-refractivity contribution in [2.24, 2.45) is 5.92 Å². The number of phenols is 1. The Bertz CT molecular complexity index is 923. The molecular formula is C26H36N4O2. The summed E-state index contributed by atoms with van der Waals surface area (Å²) >= 11 is 0. The molecule has 2 aromatic rings. The maximum Gasteiger partial charge on any atom is 0.237 e. The lowest BCUT2D eigenvalue weighted by Crippen LogP contribution is -2.55. The maximum atomic E-state index is 13.1. The average Bonchev–Trinajstić information content (AvgIpc) is 2.80. The summed E-state index contributed by atoms with van der Waals surface area (Å²) in [4.78, 5) is 19.7. The molecule has 172 valence electrons. The van der Waals surface area contributed by atoms with Crippen molar-refractivity contribution in [2.75, 3.05) is 19.6 Å². The van der Waals surface area contributed by atoms with E-state index in [1.165, 1.54) is 5.56 Å². The van der Waals surface area contributed by atoms with Crippen molar-refractivity contribution in [3.05, 3.63) is 59.4 Å². The molecule has 0 spiro atoms. The first-order valence-electron chi connectivity index (χ1n) is 11.8. The van der Waals surface area contributed by atoms with Crippen LogP contribution in [0.25, 0.3) is 0 Å². The summed E-state index contributed by atoms with van der Waals surface area (Å²) in [6.07, 6.45) is 6.66. The smallest absolute Gasteiger partial charge is 0.237 e. The standard InChI is InChI=1S/C26H36N4O2/c1-18(2)24(17-30-12-8-26(3,9-13-30)21-6-10-27-11-7-21)29-25(32)23-15-19-4-5-22(31)14-20(19)16-28-23/h4-7,10-11,14,18,23-24,28,31H,8-9,12-13,15-17H2,1-3H3,(H,29,32)/t23-,24-/m1/s1. The van der Waals surface area contributed by atoms with Gasteiger partial charge in [0.15, 0.2) is 0 Å². The molecule has 1 fully saturated rings. The minimum atomic E-state index is -0.232. The van der Waals surface area contributed by atoms with Crippen LogP contribution in [0, 0.1) is 5.92 Å². The number of phenolic OH excluding ortho intramolecular Hbond substituents is 1. The van der Waals surface area contributed by atoms with Crippen molar-refractivity contribution >= 4 is 5.91 Å². The Labute approximate surface area is 191 Å². The van der Waals surface area contributed by atoms with E-state index in [4.69, 9.17) is 0 Å². The molecule has 0 saturated carbocycles. The molecule has 1 aromatic carbocycles. The quantitative estimate of drug-likeness (QED) is 0.649. The fourth-order valence-corrected chi connectivity index (χ4v) is 4.94. The molecule has 3 heterocycles. The predicted octanol–water partition coefficient (Wildman–Crippen LogP) is 3.00. The van der Waals surface area contributed by atoms with E-state index >= 15 is 0 Å². The molecule has 0 unspecified atom stereocenters. The van der Waals surface area contributed by atoms with Crippen LogP contribution in [0.1, 0.15) is 50.3 Å². The first-order chi connectivity index (χ1) is 15.3. The number of carbonyl (C=O) groups is 1. The molecule has 2 aliphatic heterocycles. The summed E-state index contributed by atoms with van der Waals surface area (Å²) in [6.45, 7) is 10.3. The number of carbonyl (C=O) groups excluding carboxylic acids is 1. The van der Waals surface area contributed by atoms with Crippen LogP contribution in [0.3, 0.4) is 0 Å². The van der Waals surface area contributed by atoms with Crippen molar-refractivity contribution < 1.29 is 9.90 Å². The summed E-state index contributed by atoms with van der Waals surface area (Å²) in [5.74, 6) is 0.705. The molecular weight excluding hydrogens is 400 g/mol. The van der Waals surface area contributed by atoms with Gasteiger partial charge in [-0.05, 0) is 84.6 Å². The van der Waals surface area contributed by atoms with Crippen LogP contribution in [-0.2, 0) is 23.2 Å². The number of hydrogen-bond acceptors (Lipinski definition) is 5. The SMILES string of the molecule is CC(C)[C@@H](CN1CCC(C)(c2ccncc2)CC1)NC(=O)[C@H]1Cc2ccc(O)cc2CN1. The van der Waals surface area contributed by atoms with E-state index in [-0.39, 0.29) is 29.2 Å². The van der Waals surface area contributed by atoms with Gasteiger partial charge in [-0.15, -0.1) is 0 Å². The Morgan fingerprint density at radius 1 is 1.22 bits per heavy atom. The fraction of sp³-hybridized carbons (Fsp3) is 0.538. The van der Waals surface area contributed by atoms with Gasteiger partial charge in [0.25, 0.3) is 0 Å². The normalized spacial score (nSPS) is 21.7. The molecule has 2 atom stereocenters. The summed E-state index contributed by atoms with van der Waals surface area (Å²) < 4.78 is 0. The molecule has 0 aliphatic carbocycles. The van der Waals surface area contributed by atoms with E-state index in [0.29, 0.717) is 18.9 Å². The van der Waals surface area contributed by atoms with E-state index in [0.717, 1.165) is 43.6 Å². The largest absolute Gasteiger partial charge is 0.508 e. The average molecular weight is 437 g/mol. The number of benzene rings is 1. The van der Waals surface area contributed by atoms with Crippen molar-refractivity contribution in [1.29, 1.82) is 0 Å². The van der Waals surface area contributed by atoms with Gasteiger partial charge in [-0.3, -0.25) is 9.78 Å². The van der Waals surface area contributed by atoms with Gasteiger partial charge in [-0.2, -0.15) is 0 Å². The fourth-order valence-electron chi connectivity index (χ4n) is 4.94. The number of fused-ring (bicyclic) bond motifs is 1. The lowest BCUT2D eigenvalue weighted by atomic mass is 9.75. The summed E-state index contributed by atoms with van der Waals surface area (Å²) in [5, 5.41) is 16.3. The van der Waals surface area contributed by atoms with Crippen molar-refractivity contribution in [3.8, 4) is 5.75 Å². The number of nitrogens with zero attached hydrogens (tertiary/aromatic N) is 2. The third kappa shape index (κ3) is 5.13. The van der Waals surface area contributed by atoms with Crippen LogP contribution in [0.5, 0.6) is 5.75 Å². The first-order valence-corrected chi connectivity index (χ1v) is 11.8. The second kappa shape index (κ2) is 9.59. The highest BCUT2D eigenvalue weighted by Gasteiger charge is 2.33. The van der Waals surface area contributed by atoms with Gasteiger partial charge >= 0.3 is 0 Å². The topological polar surface area (TPSA) is 77.5 Å². The molecule has 0 radical (unpaired) electrons. The predicted molar refractivity (Wildman–Crippen MR) is 126 cm³/mol. The lowest BCUT2D eigenvalue weighted by Gasteiger charge is -2.41. The Kier molecular flexibility index (Phi) is 6.82. The van der Waals surface area contributed by atoms with Crippen molar-refractivity contribution in [1.82, 2.24) is 20.5 Å². The number of aromatic hydroxyl groups is 1. The Balaban J connectivity index is 1.33. The third-order valence-corrected chi connectivity index (χ3v) is 7.39. The van der Waals surface area contributed by atoms with Gasteiger partial charge in [-0.25, -0.2) is 0 Å². The molecule has 2 aliphatic rings. The van der Waals surface area contributed by atoms with Gasteiger partial charge in [-0.1, -0.05) is 26.8 Å². The van der Waals surface area contributed by atoms with Crippen molar-refractivity contribution in [3.63, 3.8) is 0 Å². The summed E-state index contributed by atoms with van der Waals surface area (Å²) in [6, 6.07) is 9.59. The molecule has 1 amide bonds. The highest BCUT2D eigenvalue weighted by Crippen LogP contribution is 2.34. The molecule has 1 saturated heterocycles. The maximum absolute atomic E-state index is 13.1. The van der Waals surface area contributed by atoms with Gasteiger partial charge in [0.1, 0.15) is 5.75 Å². The van der Waals surface area contributed by atoms with Crippen LogP contribution in [0.2, 0.25) is 0 Å². The number of pyridine rings is 1. The molecule has 3 N–H and O–H groups in total. The highest BCUT2D eigenvalue weighted by atomic mass is 16.3. The number of aromatic nitrogens is 1. The van der Waals surface area contributed by atoms with Gasteiger partial charge < -0.3 is 20.6 Å². The minimum absolute atomic E-state index is 0.0704. The molecule has 6 nitrogen and oxygen atoms in total. The van der Waals surface area contributed by atoms with Gasteiger partial charge in [0, 0.05) is 31.5 Å². The molecule has 4 rings (SSSR count). The number of amides is 1. The van der Waals surface area contributed by atoms with E-state index in [2.05, 4.69) is 53.4 Å². The van der Waals surface area contributed by atoms with Crippen molar-refractivity contribution in [2.45, 2.75) is 64.1 Å². The molecule has 32 heavy (non-hydrogen) atoms. The van der Waals surface area contributed by atoms with Crippen LogP contribution in [-0.4, -0.2) is 52.6 Å². The lowest BCUT2D eigenvalue weighted by molar-refractivity contribution is -0.124. The number of rotatable bonds is 6. The third-order valence-electron chi connectivity index (χ3n) is 7.39. The number of piperidine rings is 1. The summed E-state index contributed by atoms with van der Waals surface area (Å²) in [5.41, 5.74) is 3.77. The van der Waals surface area contributed by atoms with Crippen LogP contribution >= 0.6 is 0 Å². The van der Waals surface area contributed by atoms with E-state index in [1.807, 2.05) is 18.5 Å². The molecule has 6 heteroatoms.